The average Bonchev–Trinajstić information content (AvgIpc) is 3.06. The number of nitrogens with one attached hydrogen (secondary N) is 1. The summed E-state index contributed by atoms with van der Waals surface area (Å²) in [6, 6.07) is 0.742. The molecular formula is C15H27N3O. The van der Waals surface area contributed by atoms with E-state index in [9.17, 15) is 0 Å². The van der Waals surface area contributed by atoms with Crippen molar-refractivity contribution in [1.82, 2.24) is 15.1 Å². The van der Waals surface area contributed by atoms with Crippen LogP contribution in [0.5, 0.6) is 0 Å². The van der Waals surface area contributed by atoms with Crippen molar-refractivity contribution in [2.75, 3.05) is 6.61 Å². The van der Waals surface area contributed by atoms with Crippen LogP contribution in [0.2, 0.25) is 0 Å². The molecule has 1 fully saturated rings. The maximum Gasteiger partial charge on any atom is 0.0669 e. The van der Waals surface area contributed by atoms with Gasteiger partial charge in [-0.05, 0) is 47.5 Å². The van der Waals surface area contributed by atoms with Crippen LogP contribution in [0.25, 0.3) is 0 Å². The number of hydrogen-bond acceptors (Lipinski definition) is 3. The summed E-state index contributed by atoms with van der Waals surface area (Å²) in [6.07, 6.45) is 2.65. The maximum atomic E-state index is 5.77. The summed E-state index contributed by atoms with van der Waals surface area (Å²) < 4.78 is 7.84. The lowest BCUT2D eigenvalue weighted by Crippen LogP contribution is -2.22. The molecule has 0 saturated heterocycles. The summed E-state index contributed by atoms with van der Waals surface area (Å²) in [5.74, 6) is 0. The van der Waals surface area contributed by atoms with Gasteiger partial charge in [-0.3, -0.25) is 4.68 Å². The van der Waals surface area contributed by atoms with Gasteiger partial charge in [-0.1, -0.05) is 0 Å². The molecule has 0 amide bonds. The molecule has 2 rings (SSSR count). The van der Waals surface area contributed by atoms with Crippen molar-refractivity contribution in [3.8, 4) is 0 Å². The van der Waals surface area contributed by atoms with E-state index >= 15 is 0 Å². The lowest BCUT2D eigenvalue weighted by molar-refractivity contribution is -0.00810. The fourth-order valence-electron chi connectivity index (χ4n) is 2.18. The Morgan fingerprint density at radius 1 is 1.32 bits per heavy atom. The standard InChI is InChI=1S/C15H27N3O/c1-11-14(10-16-13-6-7-13)12(2)18(17-11)8-9-19-15(3,4)5/h13,16H,6-10H2,1-5H3. The molecule has 4 heteroatoms. The zero-order chi connectivity index (χ0) is 14.0. The Balaban J connectivity index is 1.91. The second kappa shape index (κ2) is 5.63. The highest BCUT2D eigenvalue weighted by atomic mass is 16.5. The van der Waals surface area contributed by atoms with Crippen molar-refractivity contribution >= 4 is 0 Å². The Morgan fingerprint density at radius 2 is 2.00 bits per heavy atom. The van der Waals surface area contributed by atoms with Gasteiger partial charge in [0.2, 0.25) is 0 Å². The molecule has 1 saturated carbocycles. The van der Waals surface area contributed by atoms with E-state index in [0.29, 0.717) is 6.61 Å². The number of ether oxygens (including phenoxy) is 1. The van der Waals surface area contributed by atoms with Crippen molar-refractivity contribution in [1.29, 1.82) is 0 Å². The van der Waals surface area contributed by atoms with Gasteiger partial charge >= 0.3 is 0 Å². The minimum Gasteiger partial charge on any atom is -0.374 e. The molecule has 108 valence electrons. The van der Waals surface area contributed by atoms with Crippen molar-refractivity contribution in [2.45, 2.75) is 72.2 Å². The molecule has 1 aromatic rings. The number of rotatable bonds is 6. The lowest BCUT2D eigenvalue weighted by Gasteiger charge is -2.19. The largest absolute Gasteiger partial charge is 0.374 e. The highest BCUT2D eigenvalue weighted by Gasteiger charge is 2.21. The van der Waals surface area contributed by atoms with Gasteiger partial charge in [-0.2, -0.15) is 5.10 Å². The molecule has 1 aliphatic rings. The van der Waals surface area contributed by atoms with Crippen LogP contribution in [-0.4, -0.2) is 28.0 Å². The Hall–Kier alpha value is -0.870. The first-order chi connectivity index (χ1) is 8.87. The fourth-order valence-corrected chi connectivity index (χ4v) is 2.18. The summed E-state index contributed by atoms with van der Waals surface area (Å²) in [4.78, 5) is 0. The van der Waals surface area contributed by atoms with Gasteiger partial charge in [0.05, 0.1) is 24.4 Å². The SMILES string of the molecule is Cc1nn(CCOC(C)(C)C)c(C)c1CNC1CC1. The summed E-state index contributed by atoms with van der Waals surface area (Å²) in [6.45, 7) is 13.0. The van der Waals surface area contributed by atoms with Crippen LogP contribution in [0.4, 0.5) is 0 Å². The summed E-state index contributed by atoms with van der Waals surface area (Å²) in [5.41, 5.74) is 3.68. The molecule has 0 bridgehead atoms. The van der Waals surface area contributed by atoms with E-state index in [4.69, 9.17) is 4.74 Å². The summed E-state index contributed by atoms with van der Waals surface area (Å²) in [7, 11) is 0. The molecule has 4 nitrogen and oxygen atoms in total. The third-order valence-corrected chi connectivity index (χ3v) is 3.51. The summed E-state index contributed by atoms with van der Waals surface area (Å²) >= 11 is 0. The van der Waals surface area contributed by atoms with Crippen molar-refractivity contribution < 1.29 is 4.74 Å². The van der Waals surface area contributed by atoms with Crippen molar-refractivity contribution in [2.24, 2.45) is 0 Å². The smallest absolute Gasteiger partial charge is 0.0669 e. The molecule has 1 heterocycles. The molecule has 0 unspecified atom stereocenters. The molecule has 1 aliphatic carbocycles. The van der Waals surface area contributed by atoms with Crippen LogP contribution < -0.4 is 5.32 Å². The molecule has 1 aromatic heterocycles. The Kier molecular flexibility index (Phi) is 4.31. The van der Waals surface area contributed by atoms with Crippen LogP contribution >= 0.6 is 0 Å². The van der Waals surface area contributed by atoms with Gasteiger partial charge in [0.15, 0.2) is 0 Å². The normalized spacial score (nSPS) is 16.1. The van der Waals surface area contributed by atoms with Gasteiger partial charge in [0.1, 0.15) is 0 Å². The monoisotopic (exact) mass is 265 g/mol. The van der Waals surface area contributed by atoms with Gasteiger partial charge in [0, 0.05) is 23.8 Å². The Morgan fingerprint density at radius 3 is 2.58 bits per heavy atom. The first-order valence-electron chi connectivity index (χ1n) is 7.27. The van der Waals surface area contributed by atoms with Crippen molar-refractivity contribution in [3.63, 3.8) is 0 Å². The average molecular weight is 265 g/mol. The minimum absolute atomic E-state index is 0.0769. The van der Waals surface area contributed by atoms with Gasteiger partial charge in [-0.25, -0.2) is 0 Å². The summed E-state index contributed by atoms with van der Waals surface area (Å²) in [5, 5.41) is 8.19. The highest BCUT2D eigenvalue weighted by Crippen LogP contribution is 2.21. The van der Waals surface area contributed by atoms with E-state index in [1.807, 2.05) is 0 Å². The maximum absolute atomic E-state index is 5.77. The number of aromatic nitrogens is 2. The molecule has 19 heavy (non-hydrogen) atoms. The molecule has 1 N–H and O–H groups in total. The zero-order valence-electron chi connectivity index (χ0n) is 12.9. The quantitative estimate of drug-likeness (QED) is 0.859. The molecule has 0 atom stereocenters. The van der Waals surface area contributed by atoms with Crippen LogP contribution in [-0.2, 0) is 17.8 Å². The Labute approximate surface area is 116 Å². The highest BCUT2D eigenvalue weighted by molar-refractivity contribution is 5.24. The van der Waals surface area contributed by atoms with Crippen LogP contribution in [0, 0.1) is 13.8 Å². The topological polar surface area (TPSA) is 39.1 Å². The van der Waals surface area contributed by atoms with Crippen LogP contribution in [0.15, 0.2) is 0 Å². The third-order valence-electron chi connectivity index (χ3n) is 3.51. The van der Waals surface area contributed by atoms with E-state index in [1.165, 1.54) is 24.1 Å². The molecule has 0 radical (unpaired) electrons. The van der Waals surface area contributed by atoms with E-state index in [0.717, 1.165) is 24.8 Å². The van der Waals surface area contributed by atoms with E-state index in [2.05, 4.69) is 49.7 Å². The zero-order valence-corrected chi connectivity index (χ0v) is 12.9. The predicted octanol–water partition coefficient (Wildman–Crippen LogP) is 2.57. The van der Waals surface area contributed by atoms with Gasteiger partial charge < -0.3 is 10.1 Å². The predicted molar refractivity (Wildman–Crippen MR) is 77.3 cm³/mol. The number of hydrogen-bond donors (Lipinski definition) is 1. The van der Waals surface area contributed by atoms with Crippen LogP contribution in [0.3, 0.4) is 0 Å². The molecular weight excluding hydrogens is 238 g/mol. The lowest BCUT2D eigenvalue weighted by atomic mass is 10.2. The van der Waals surface area contributed by atoms with E-state index in [1.54, 1.807) is 0 Å². The minimum atomic E-state index is -0.0769. The van der Waals surface area contributed by atoms with E-state index in [-0.39, 0.29) is 5.60 Å². The molecule has 0 spiro atoms. The number of aryl methyl sites for hydroxylation is 1. The molecule has 0 aromatic carbocycles. The van der Waals surface area contributed by atoms with Gasteiger partial charge in [0.25, 0.3) is 0 Å². The Bertz CT molecular complexity index is 427. The van der Waals surface area contributed by atoms with Gasteiger partial charge in [-0.15, -0.1) is 0 Å². The van der Waals surface area contributed by atoms with E-state index < -0.39 is 0 Å². The first-order valence-corrected chi connectivity index (χ1v) is 7.27. The number of nitrogens with zero attached hydrogens (tertiary/aromatic N) is 2. The second-order valence-electron chi connectivity index (χ2n) is 6.49. The fraction of sp³-hybridized carbons (Fsp3) is 0.800. The first kappa shape index (κ1) is 14.5. The second-order valence-corrected chi connectivity index (χ2v) is 6.49. The third kappa shape index (κ3) is 4.32. The molecule has 0 aliphatic heterocycles. The van der Waals surface area contributed by atoms with Crippen LogP contribution in [0.1, 0.15) is 50.6 Å². The van der Waals surface area contributed by atoms with Crippen molar-refractivity contribution in [3.05, 3.63) is 17.0 Å².